The Balaban J connectivity index is 1.29. The van der Waals surface area contributed by atoms with Crippen LogP contribution in [0.3, 0.4) is 0 Å². The van der Waals surface area contributed by atoms with Crippen molar-refractivity contribution in [2.75, 3.05) is 4.81 Å². The van der Waals surface area contributed by atoms with Crippen molar-refractivity contribution in [1.82, 2.24) is 0 Å². The predicted molar refractivity (Wildman–Crippen MR) is 225 cm³/mol. The molecule has 0 atom stereocenters. The van der Waals surface area contributed by atoms with Gasteiger partial charge in [-0.25, -0.2) is 0 Å². The molecule has 2 heteroatoms. The number of hydrogen-bond donors (Lipinski definition) is 0. The molecule has 2 bridgehead atoms. The van der Waals surface area contributed by atoms with Gasteiger partial charge in [-0.3, -0.25) is 0 Å². The van der Waals surface area contributed by atoms with Gasteiger partial charge in [0.05, 0.1) is 0 Å². The fraction of sp³-hybridized carbons (Fsp3) is 0.0980. The van der Waals surface area contributed by atoms with Gasteiger partial charge in [0.2, 0.25) is 0 Å². The first kappa shape index (κ1) is 30.5. The Hall–Kier alpha value is -6.12. The molecule has 0 spiro atoms. The van der Waals surface area contributed by atoms with Crippen LogP contribution < -0.4 is 15.7 Å². The van der Waals surface area contributed by atoms with E-state index >= 15 is 0 Å². The minimum absolute atomic E-state index is 0.000305. The van der Waals surface area contributed by atoms with Crippen LogP contribution in [0.2, 0.25) is 0 Å². The molecule has 0 unspecified atom stereocenters. The van der Waals surface area contributed by atoms with Gasteiger partial charge in [-0.05, 0) is 132 Å². The molecule has 1 nitrogen and oxygen atoms in total. The third-order valence-corrected chi connectivity index (χ3v) is 12.6. The lowest BCUT2D eigenvalue weighted by Crippen LogP contribution is -2.59. The zero-order valence-corrected chi connectivity index (χ0v) is 30.3. The van der Waals surface area contributed by atoms with Crippen LogP contribution in [-0.2, 0) is 11.8 Å². The van der Waals surface area contributed by atoms with E-state index in [0.29, 0.717) is 0 Å². The number of para-hydroxylation sites is 2. The van der Waals surface area contributed by atoms with Crippen molar-refractivity contribution in [3.05, 3.63) is 192 Å². The summed E-state index contributed by atoms with van der Waals surface area (Å²) in [6, 6.07) is 61.8. The molecule has 53 heavy (non-hydrogen) atoms. The normalized spacial score (nSPS) is 14.3. The SMILES string of the molecule is Cc1c2c3cc(-c4ccc5c(c4)C(C)(C)c4ccccc4-5)c1-c1ccc4ccccc4c1Cc1ccccc1B2N(c1ccccc1)c1ccccc1-3. The molecule has 11 rings (SSSR count). The van der Waals surface area contributed by atoms with E-state index in [9.17, 15) is 0 Å². The standard InChI is InChI=1S/C51H38BN/c1-32-49-41-28-25-33-15-7-9-19-37(33)43(41)29-35-16-8-13-23-47(35)52-50(32)44(40-21-11-14-24-48(40)53(52)36-17-5-4-6-18-36)31-42(49)34-26-27-39-38-20-10-12-22-45(38)51(2,3)46(39)30-34/h4-28,30-31H,29H2,1-3H3. The molecule has 3 aliphatic rings. The Bertz CT molecular complexity index is 2810. The summed E-state index contributed by atoms with van der Waals surface area (Å²) in [5.74, 6) is 0. The van der Waals surface area contributed by atoms with Crippen LogP contribution in [0.1, 0.15) is 41.7 Å². The quantitative estimate of drug-likeness (QED) is 0.165. The van der Waals surface area contributed by atoms with Gasteiger partial charge in [-0.1, -0.05) is 147 Å². The van der Waals surface area contributed by atoms with Crippen LogP contribution in [0.15, 0.2) is 164 Å². The lowest BCUT2D eigenvalue weighted by atomic mass is 9.43. The van der Waals surface area contributed by atoms with Gasteiger partial charge in [0, 0.05) is 22.4 Å². The highest BCUT2D eigenvalue weighted by Crippen LogP contribution is 2.52. The van der Waals surface area contributed by atoms with Crippen molar-refractivity contribution in [2.24, 2.45) is 0 Å². The van der Waals surface area contributed by atoms with E-state index in [2.05, 4.69) is 189 Å². The number of nitrogens with zero attached hydrogens (tertiary/aromatic N) is 1. The molecule has 0 aromatic heterocycles. The van der Waals surface area contributed by atoms with Gasteiger partial charge in [0.25, 0.3) is 0 Å². The highest BCUT2D eigenvalue weighted by molar-refractivity contribution is 6.91. The highest BCUT2D eigenvalue weighted by atomic mass is 15.1. The topological polar surface area (TPSA) is 3.24 Å². The van der Waals surface area contributed by atoms with Crippen molar-refractivity contribution in [3.63, 3.8) is 0 Å². The van der Waals surface area contributed by atoms with Crippen molar-refractivity contribution in [3.8, 4) is 44.5 Å². The summed E-state index contributed by atoms with van der Waals surface area (Å²) in [6.45, 7) is 7.18. The van der Waals surface area contributed by atoms with E-state index in [1.165, 1.54) is 105 Å². The van der Waals surface area contributed by atoms with Crippen LogP contribution in [0.25, 0.3) is 55.3 Å². The second kappa shape index (κ2) is 11.2. The van der Waals surface area contributed by atoms with Crippen molar-refractivity contribution >= 4 is 39.9 Å². The molecular formula is C51H38BN. The molecule has 0 radical (unpaired) electrons. The summed E-state index contributed by atoms with van der Waals surface area (Å²) in [5, 5.41) is 2.62. The number of hydrogen-bond acceptors (Lipinski definition) is 1. The summed E-state index contributed by atoms with van der Waals surface area (Å²) in [4.78, 5) is 2.61. The monoisotopic (exact) mass is 675 g/mol. The maximum atomic E-state index is 2.61. The maximum Gasteiger partial charge on any atom is 0.329 e. The van der Waals surface area contributed by atoms with Crippen LogP contribution in [0, 0.1) is 6.92 Å². The molecule has 2 heterocycles. The Morgan fingerprint density at radius 3 is 2.13 bits per heavy atom. The van der Waals surface area contributed by atoms with Crippen LogP contribution in [0.4, 0.5) is 11.4 Å². The van der Waals surface area contributed by atoms with Crippen LogP contribution >= 0.6 is 0 Å². The number of benzene rings is 8. The number of anilines is 2. The van der Waals surface area contributed by atoms with Crippen molar-refractivity contribution < 1.29 is 0 Å². The molecule has 8 aromatic rings. The van der Waals surface area contributed by atoms with Gasteiger partial charge in [0.15, 0.2) is 0 Å². The molecule has 0 saturated heterocycles. The van der Waals surface area contributed by atoms with Crippen molar-refractivity contribution in [1.29, 1.82) is 0 Å². The third kappa shape index (κ3) is 4.27. The third-order valence-electron chi connectivity index (χ3n) is 12.6. The largest absolute Gasteiger partial charge is 0.376 e. The second-order valence-electron chi connectivity index (χ2n) is 15.6. The minimum Gasteiger partial charge on any atom is -0.376 e. The molecule has 0 amide bonds. The maximum absolute atomic E-state index is 2.61. The first-order chi connectivity index (χ1) is 26.0. The fourth-order valence-corrected chi connectivity index (χ4v) is 10.1. The number of fused-ring (bicyclic) bond motifs is 12. The van der Waals surface area contributed by atoms with Gasteiger partial charge < -0.3 is 4.81 Å². The molecule has 2 aliphatic heterocycles. The molecule has 8 aromatic carbocycles. The van der Waals surface area contributed by atoms with Crippen LogP contribution in [-0.4, -0.2) is 6.85 Å². The Morgan fingerprint density at radius 1 is 0.547 bits per heavy atom. The van der Waals surface area contributed by atoms with Crippen molar-refractivity contribution in [2.45, 2.75) is 32.6 Å². The Kier molecular flexibility index (Phi) is 6.44. The summed E-state index contributed by atoms with van der Waals surface area (Å²) < 4.78 is 0. The minimum atomic E-state index is -0.0854. The van der Waals surface area contributed by atoms with E-state index in [4.69, 9.17) is 0 Å². The van der Waals surface area contributed by atoms with Gasteiger partial charge in [-0.15, -0.1) is 0 Å². The summed E-state index contributed by atoms with van der Waals surface area (Å²) >= 11 is 0. The van der Waals surface area contributed by atoms with E-state index in [-0.39, 0.29) is 12.3 Å². The average Bonchev–Trinajstić information content (AvgIpc) is 3.44. The van der Waals surface area contributed by atoms with E-state index < -0.39 is 0 Å². The summed E-state index contributed by atoms with van der Waals surface area (Å²) in [6.07, 6.45) is 0.854. The molecule has 0 fully saturated rings. The summed E-state index contributed by atoms with van der Waals surface area (Å²) in [5.41, 5.74) is 22.7. The highest BCUT2D eigenvalue weighted by Gasteiger charge is 2.42. The molecule has 0 saturated carbocycles. The van der Waals surface area contributed by atoms with Gasteiger partial charge >= 0.3 is 6.85 Å². The predicted octanol–water partition coefficient (Wildman–Crippen LogP) is 11.6. The smallest absolute Gasteiger partial charge is 0.329 e. The number of rotatable bonds is 2. The Morgan fingerprint density at radius 2 is 1.25 bits per heavy atom. The summed E-state index contributed by atoms with van der Waals surface area (Å²) in [7, 11) is 0. The lowest BCUT2D eigenvalue weighted by Gasteiger charge is -2.41. The zero-order valence-electron chi connectivity index (χ0n) is 30.3. The zero-order chi connectivity index (χ0) is 35.4. The molecule has 250 valence electrons. The first-order valence-corrected chi connectivity index (χ1v) is 18.9. The van der Waals surface area contributed by atoms with E-state index in [0.717, 1.165) is 6.42 Å². The van der Waals surface area contributed by atoms with E-state index in [1.807, 2.05) is 0 Å². The second-order valence-corrected chi connectivity index (χ2v) is 15.6. The fourth-order valence-electron chi connectivity index (χ4n) is 10.1. The first-order valence-electron chi connectivity index (χ1n) is 18.9. The van der Waals surface area contributed by atoms with Crippen LogP contribution in [0.5, 0.6) is 0 Å². The lowest BCUT2D eigenvalue weighted by molar-refractivity contribution is 0.660. The molecular weight excluding hydrogens is 637 g/mol. The van der Waals surface area contributed by atoms with Gasteiger partial charge in [-0.2, -0.15) is 0 Å². The molecule has 0 N–H and O–H groups in total. The average molecular weight is 676 g/mol. The van der Waals surface area contributed by atoms with Gasteiger partial charge in [0.1, 0.15) is 0 Å². The van der Waals surface area contributed by atoms with E-state index in [1.54, 1.807) is 0 Å². The molecule has 1 aliphatic carbocycles. The Labute approximate surface area is 312 Å².